The minimum Gasteiger partial charge on any atom is -0.353 e. The van der Waals surface area contributed by atoms with E-state index in [0.717, 1.165) is 12.1 Å². The Bertz CT molecular complexity index is 523. The number of aromatic nitrogens is 2. The summed E-state index contributed by atoms with van der Waals surface area (Å²) in [6.45, 7) is 8.50. The maximum absolute atomic E-state index is 12.1. The Hall–Kier alpha value is -1.85. The average Bonchev–Trinajstić information content (AvgIpc) is 3.04. The third-order valence-corrected chi connectivity index (χ3v) is 3.93. The van der Waals surface area contributed by atoms with Crippen LogP contribution in [0.2, 0.25) is 0 Å². The van der Waals surface area contributed by atoms with Crippen molar-refractivity contribution in [2.45, 2.75) is 52.6 Å². The van der Waals surface area contributed by atoms with Crippen LogP contribution in [-0.4, -0.2) is 34.2 Å². The zero-order valence-corrected chi connectivity index (χ0v) is 13.2. The number of amides is 2. The van der Waals surface area contributed by atoms with Gasteiger partial charge in [-0.15, -0.1) is 0 Å². The lowest BCUT2D eigenvalue weighted by Gasteiger charge is -2.16. The first-order chi connectivity index (χ1) is 9.92. The number of nitrogens with one attached hydrogen (secondary N) is 1. The van der Waals surface area contributed by atoms with Crippen LogP contribution < -0.4 is 10.2 Å². The van der Waals surface area contributed by atoms with Crippen molar-refractivity contribution in [3.63, 3.8) is 0 Å². The number of nitrogens with zero attached hydrogens (tertiary/aromatic N) is 3. The van der Waals surface area contributed by atoms with Crippen molar-refractivity contribution in [2.75, 3.05) is 11.4 Å². The predicted molar refractivity (Wildman–Crippen MR) is 81.0 cm³/mol. The summed E-state index contributed by atoms with van der Waals surface area (Å²) >= 11 is 0. The maximum Gasteiger partial charge on any atom is 0.227 e. The van der Waals surface area contributed by atoms with E-state index in [1.807, 2.05) is 38.6 Å². The highest BCUT2D eigenvalue weighted by Crippen LogP contribution is 2.25. The van der Waals surface area contributed by atoms with Gasteiger partial charge >= 0.3 is 0 Å². The van der Waals surface area contributed by atoms with Crippen molar-refractivity contribution in [1.82, 2.24) is 15.1 Å². The Morgan fingerprint density at radius 1 is 1.48 bits per heavy atom. The highest BCUT2D eigenvalue weighted by Gasteiger charge is 2.35. The SMILES string of the molecule is CC[C@@H](C)NC(=O)[C@H]1CC(=O)N(c2cnn(C(C)C)c2)C1. The van der Waals surface area contributed by atoms with Gasteiger partial charge in [0.2, 0.25) is 11.8 Å². The maximum atomic E-state index is 12.1. The molecule has 0 radical (unpaired) electrons. The molecule has 21 heavy (non-hydrogen) atoms. The summed E-state index contributed by atoms with van der Waals surface area (Å²) in [4.78, 5) is 25.9. The van der Waals surface area contributed by atoms with Crippen molar-refractivity contribution in [2.24, 2.45) is 5.92 Å². The highest BCUT2D eigenvalue weighted by atomic mass is 16.2. The van der Waals surface area contributed by atoms with E-state index in [0.29, 0.717) is 6.54 Å². The molecule has 1 aromatic rings. The average molecular weight is 292 g/mol. The van der Waals surface area contributed by atoms with Crippen molar-refractivity contribution in [3.05, 3.63) is 12.4 Å². The minimum absolute atomic E-state index is 0.0115. The molecule has 1 fully saturated rings. The second-order valence-corrected chi connectivity index (χ2v) is 6.00. The molecule has 1 aliphatic rings. The Labute approximate surface area is 125 Å². The van der Waals surface area contributed by atoms with E-state index < -0.39 is 0 Å². The molecule has 2 atom stereocenters. The van der Waals surface area contributed by atoms with E-state index in [9.17, 15) is 9.59 Å². The van der Waals surface area contributed by atoms with Crippen LogP contribution in [0.1, 0.15) is 46.6 Å². The number of carbonyl (C=O) groups excluding carboxylic acids is 2. The van der Waals surface area contributed by atoms with Crippen LogP contribution in [0.4, 0.5) is 5.69 Å². The van der Waals surface area contributed by atoms with Crippen molar-refractivity contribution in [3.8, 4) is 0 Å². The predicted octanol–water partition coefficient (Wildman–Crippen LogP) is 1.73. The Morgan fingerprint density at radius 3 is 2.76 bits per heavy atom. The molecular weight excluding hydrogens is 268 g/mol. The first-order valence-corrected chi connectivity index (χ1v) is 7.57. The van der Waals surface area contributed by atoms with Crippen LogP contribution in [0.5, 0.6) is 0 Å². The van der Waals surface area contributed by atoms with E-state index in [2.05, 4.69) is 10.4 Å². The minimum atomic E-state index is -0.270. The topological polar surface area (TPSA) is 67.2 Å². The van der Waals surface area contributed by atoms with Gasteiger partial charge in [0.1, 0.15) is 0 Å². The Morgan fingerprint density at radius 2 is 2.19 bits per heavy atom. The molecule has 2 heterocycles. The molecule has 1 saturated heterocycles. The summed E-state index contributed by atoms with van der Waals surface area (Å²) in [7, 11) is 0. The van der Waals surface area contributed by atoms with Crippen LogP contribution >= 0.6 is 0 Å². The van der Waals surface area contributed by atoms with Crippen LogP contribution in [0.15, 0.2) is 12.4 Å². The molecule has 1 N–H and O–H groups in total. The number of hydrogen-bond donors (Lipinski definition) is 1. The molecule has 0 aliphatic carbocycles. The van der Waals surface area contributed by atoms with Gasteiger partial charge in [0.05, 0.1) is 17.8 Å². The molecular formula is C15H24N4O2. The fourth-order valence-corrected chi connectivity index (χ4v) is 2.35. The van der Waals surface area contributed by atoms with E-state index in [-0.39, 0.29) is 36.2 Å². The molecule has 0 aromatic carbocycles. The second kappa shape index (κ2) is 6.28. The van der Waals surface area contributed by atoms with Gasteiger partial charge in [0.25, 0.3) is 0 Å². The van der Waals surface area contributed by atoms with E-state index >= 15 is 0 Å². The molecule has 0 saturated carbocycles. The summed E-state index contributed by atoms with van der Waals surface area (Å²) in [6, 6.07) is 0.395. The van der Waals surface area contributed by atoms with Crippen LogP contribution in [0.25, 0.3) is 0 Å². The largest absolute Gasteiger partial charge is 0.353 e. The number of rotatable bonds is 5. The number of anilines is 1. The van der Waals surface area contributed by atoms with Crippen LogP contribution in [0.3, 0.4) is 0 Å². The van der Waals surface area contributed by atoms with E-state index in [1.54, 1.807) is 11.1 Å². The first-order valence-electron chi connectivity index (χ1n) is 7.57. The third-order valence-electron chi connectivity index (χ3n) is 3.93. The fourth-order valence-electron chi connectivity index (χ4n) is 2.35. The van der Waals surface area contributed by atoms with Crippen molar-refractivity contribution >= 4 is 17.5 Å². The van der Waals surface area contributed by atoms with Crippen LogP contribution in [-0.2, 0) is 9.59 Å². The van der Waals surface area contributed by atoms with Gasteiger partial charge in [0, 0.05) is 31.2 Å². The quantitative estimate of drug-likeness (QED) is 0.898. The third kappa shape index (κ3) is 3.43. The molecule has 1 aliphatic heterocycles. The number of carbonyl (C=O) groups is 2. The van der Waals surface area contributed by atoms with Gasteiger partial charge in [-0.2, -0.15) is 5.10 Å². The lowest BCUT2D eigenvalue weighted by atomic mass is 10.1. The second-order valence-electron chi connectivity index (χ2n) is 6.00. The molecule has 2 amide bonds. The van der Waals surface area contributed by atoms with Gasteiger partial charge in [-0.25, -0.2) is 0 Å². The summed E-state index contributed by atoms with van der Waals surface area (Å²) in [5, 5.41) is 7.20. The van der Waals surface area contributed by atoms with Gasteiger partial charge in [0.15, 0.2) is 0 Å². The van der Waals surface area contributed by atoms with Gasteiger partial charge in [-0.3, -0.25) is 14.3 Å². The van der Waals surface area contributed by atoms with Gasteiger partial charge in [-0.1, -0.05) is 6.92 Å². The molecule has 0 bridgehead atoms. The summed E-state index contributed by atoms with van der Waals surface area (Å²) in [5.41, 5.74) is 0.771. The normalized spacial score (nSPS) is 20.1. The van der Waals surface area contributed by atoms with Crippen molar-refractivity contribution < 1.29 is 9.59 Å². The lowest BCUT2D eigenvalue weighted by molar-refractivity contribution is -0.126. The monoisotopic (exact) mass is 292 g/mol. The van der Waals surface area contributed by atoms with E-state index in [4.69, 9.17) is 0 Å². The van der Waals surface area contributed by atoms with Gasteiger partial charge < -0.3 is 10.2 Å². The molecule has 0 unspecified atom stereocenters. The molecule has 2 rings (SSSR count). The highest BCUT2D eigenvalue weighted by molar-refractivity contribution is 6.00. The molecule has 116 valence electrons. The summed E-state index contributed by atoms with van der Waals surface area (Å²) < 4.78 is 1.81. The Kier molecular flexibility index (Phi) is 4.65. The molecule has 6 nitrogen and oxygen atoms in total. The number of hydrogen-bond acceptors (Lipinski definition) is 3. The lowest BCUT2D eigenvalue weighted by Crippen LogP contribution is -2.38. The molecule has 0 spiro atoms. The van der Waals surface area contributed by atoms with Gasteiger partial charge in [-0.05, 0) is 27.2 Å². The standard InChI is InChI=1S/C15H24N4O2/c1-5-11(4)17-15(21)12-6-14(20)18(8-12)13-7-16-19(9-13)10(2)3/h7,9-12H,5-6,8H2,1-4H3,(H,17,21)/t11-,12+/m1/s1. The summed E-state index contributed by atoms with van der Waals surface area (Å²) in [6.07, 6.45) is 4.71. The molecule has 1 aromatic heterocycles. The summed E-state index contributed by atoms with van der Waals surface area (Å²) in [5.74, 6) is -0.312. The van der Waals surface area contributed by atoms with Crippen LogP contribution in [0, 0.1) is 5.92 Å². The van der Waals surface area contributed by atoms with Crippen molar-refractivity contribution in [1.29, 1.82) is 0 Å². The Balaban J connectivity index is 2.03. The fraction of sp³-hybridized carbons (Fsp3) is 0.667. The molecule has 6 heteroatoms. The first kappa shape index (κ1) is 15.5. The zero-order valence-electron chi connectivity index (χ0n) is 13.2. The smallest absolute Gasteiger partial charge is 0.227 e. The van der Waals surface area contributed by atoms with E-state index in [1.165, 1.54) is 0 Å². The zero-order chi connectivity index (χ0) is 15.6.